The van der Waals surface area contributed by atoms with Crippen molar-refractivity contribution in [3.63, 3.8) is 0 Å². The molecule has 0 unspecified atom stereocenters. The van der Waals surface area contributed by atoms with E-state index < -0.39 is 5.97 Å². The van der Waals surface area contributed by atoms with E-state index in [0.717, 1.165) is 19.0 Å². The molecular weight excluding hydrogens is 218 g/mol. The standard InChI is InChI=1S/C13H17NO3/c15-13(16)11-2-1-3-12(8-11)17-7-6-14-9-10-4-5-10/h1-3,8,10,14H,4-7,9H2,(H,15,16). The molecule has 0 bridgehead atoms. The molecular formula is C13H17NO3. The van der Waals surface area contributed by atoms with Crippen LogP contribution in [0.3, 0.4) is 0 Å². The Kier molecular flexibility index (Phi) is 3.98. The van der Waals surface area contributed by atoms with Crippen LogP contribution in [0, 0.1) is 5.92 Å². The average Bonchev–Trinajstić information content (AvgIpc) is 3.13. The average molecular weight is 235 g/mol. The fourth-order valence-corrected chi connectivity index (χ4v) is 1.59. The number of ether oxygens (including phenoxy) is 1. The van der Waals surface area contributed by atoms with E-state index in [1.54, 1.807) is 24.3 Å². The van der Waals surface area contributed by atoms with E-state index in [2.05, 4.69) is 5.32 Å². The smallest absolute Gasteiger partial charge is 0.335 e. The Hall–Kier alpha value is -1.55. The second-order valence-electron chi connectivity index (χ2n) is 4.33. The summed E-state index contributed by atoms with van der Waals surface area (Å²) in [4.78, 5) is 10.7. The van der Waals surface area contributed by atoms with Gasteiger partial charge in [-0.1, -0.05) is 6.07 Å². The molecule has 0 aliphatic heterocycles. The molecule has 0 heterocycles. The highest BCUT2D eigenvalue weighted by molar-refractivity contribution is 5.87. The van der Waals surface area contributed by atoms with Crippen molar-refractivity contribution in [2.24, 2.45) is 5.92 Å². The van der Waals surface area contributed by atoms with Crippen molar-refractivity contribution >= 4 is 5.97 Å². The number of rotatable bonds is 7. The molecule has 17 heavy (non-hydrogen) atoms. The Morgan fingerprint density at radius 1 is 1.47 bits per heavy atom. The molecule has 1 aromatic carbocycles. The maximum Gasteiger partial charge on any atom is 0.335 e. The van der Waals surface area contributed by atoms with Crippen LogP contribution in [0.5, 0.6) is 5.75 Å². The van der Waals surface area contributed by atoms with Crippen LogP contribution in [-0.2, 0) is 0 Å². The van der Waals surface area contributed by atoms with Crippen LogP contribution < -0.4 is 10.1 Å². The molecule has 0 saturated heterocycles. The lowest BCUT2D eigenvalue weighted by molar-refractivity contribution is 0.0696. The van der Waals surface area contributed by atoms with E-state index in [1.807, 2.05) is 0 Å². The van der Waals surface area contributed by atoms with E-state index in [4.69, 9.17) is 9.84 Å². The van der Waals surface area contributed by atoms with Gasteiger partial charge in [-0.15, -0.1) is 0 Å². The zero-order valence-electron chi connectivity index (χ0n) is 9.69. The molecule has 2 N–H and O–H groups in total. The van der Waals surface area contributed by atoms with Gasteiger partial charge in [-0.05, 0) is 43.5 Å². The van der Waals surface area contributed by atoms with Gasteiger partial charge in [0.15, 0.2) is 0 Å². The van der Waals surface area contributed by atoms with Gasteiger partial charge in [0.2, 0.25) is 0 Å². The monoisotopic (exact) mass is 235 g/mol. The first-order valence-corrected chi connectivity index (χ1v) is 5.92. The first-order chi connectivity index (χ1) is 8.25. The maximum absolute atomic E-state index is 10.7. The summed E-state index contributed by atoms with van der Waals surface area (Å²) in [5.74, 6) is 0.547. The molecule has 92 valence electrons. The fourth-order valence-electron chi connectivity index (χ4n) is 1.59. The van der Waals surface area contributed by atoms with E-state index in [1.165, 1.54) is 12.8 Å². The first-order valence-electron chi connectivity index (χ1n) is 5.92. The fraction of sp³-hybridized carbons (Fsp3) is 0.462. The molecule has 4 heteroatoms. The molecule has 0 spiro atoms. The molecule has 1 saturated carbocycles. The van der Waals surface area contributed by atoms with E-state index in [9.17, 15) is 4.79 Å². The lowest BCUT2D eigenvalue weighted by Crippen LogP contribution is -2.23. The predicted octanol–water partition coefficient (Wildman–Crippen LogP) is 1.76. The van der Waals surface area contributed by atoms with Crippen LogP contribution in [0.4, 0.5) is 0 Å². The van der Waals surface area contributed by atoms with Gasteiger partial charge in [0.1, 0.15) is 12.4 Å². The minimum atomic E-state index is -0.928. The topological polar surface area (TPSA) is 58.6 Å². The Labute approximate surface area is 101 Å². The van der Waals surface area contributed by atoms with Crippen LogP contribution >= 0.6 is 0 Å². The molecule has 1 aliphatic carbocycles. The van der Waals surface area contributed by atoms with Crippen molar-refractivity contribution in [1.29, 1.82) is 0 Å². The Morgan fingerprint density at radius 3 is 3.00 bits per heavy atom. The van der Waals surface area contributed by atoms with E-state index >= 15 is 0 Å². The lowest BCUT2D eigenvalue weighted by atomic mass is 10.2. The number of nitrogens with one attached hydrogen (secondary N) is 1. The van der Waals surface area contributed by atoms with Crippen molar-refractivity contribution in [3.8, 4) is 5.75 Å². The molecule has 0 radical (unpaired) electrons. The quantitative estimate of drug-likeness (QED) is 0.707. The van der Waals surface area contributed by atoms with Gasteiger partial charge in [-0.25, -0.2) is 4.79 Å². The number of carboxylic acid groups (broad SMARTS) is 1. The highest BCUT2D eigenvalue weighted by Gasteiger charge is 2.19. The van der Waals surface area contributed by atoms with Crippen molar-refractivity contribution in [2.75, 3.05) is 19.7 Å². The van der Waals surface area contributed by atoms with Gasteiger partial charge in [0, 0.05) is 6.54 Å². The van der Waals surface area contributed by atoms with Crippen molar-refractivity contribution < 1.29 is 14.6 Å². The first kappa shape index (κ1) is 11.9. The second kappa shape index (κ2) is 5.68. The molecule has 0 atom stereocenters. The number of carbonyl (C=O) groups is 1. The van der Waals surface area contributed by atoms with Gasteiger partial charge in [0.05, 0.1) is 5.56 Å². The van der Waals surface area contributed by atoms with Crippen LogP contribution in [0.15, 0.2) is 24.3 Å². The summed E-state index contributed by atoms with van der Waals surface area (Å²) in [5.41, 5.74) is 0.258. The molecule has 1 aliphatic rings. The highest BCUT2D eigenvalue weighted by Crippen LogP contribution is 2.27. The van der Waals surface area contributed by atoms with Crippen LogP contribution in [0.1, 0.15) is 23.2 Å². The molecule has 0 amide bonds. The summed E-state index contributed by atoms with van der Waals surface area (Å²) < 4.78 is 5.47. The third kappa shape index (κ3) is 4.07. The van der Waals surface area contributed by atoms with Gasteiger partial charge in [-0.2, -0.15) is 0 Å². The van der Waals surface area contributed by atoms with Gasteiger partial charge in [0.25, 0.3) is 0 Å². The lowest BCUT2D eigenvalue weighted by Gasteiger charge is -2.07. The van der Waals surface area contributed by atoms with Crippen molar-refractivity contribution in [2.45, 2.75) is 12.8 Å². The second-order valence-corrected chi connectivity index (χ2v) is 4.33. The number of benzene rings is 1. The summed E-state index contributed by atoms with van der Waals surface area (Å²) in [5, 5.41) is 12.1. The Balaban J connectivity index is 1.70. The minimum absolute atomic E-state index is 0.258. The number of aromatic carboxylic acids is 1. The molecule has 4 nitrogen and oxygen atoms in total. The van der Waals surface area contributed by atoms with Crippen LogP contribution in [0.2, 0.25) is 0 Å². The van der Waals surface area contributed by atoms with E-state index in [-0.39, 0.29) is 5.56 Å². The largest absolute Gasteiger partial charge is 0.492 e. The summed E-state index contributed by atoms with van der Waals surface area (Å²) in [6.45, 7) is 2.43. The normalized spacial score (nSPS) is 14.6. The summed E-state index contributed by atoms with van der Waals surface area (Å²) in [6, 6.07) is 6.56. The Bertz CT molecular complexity index is 388. The van der Waals surface area contributed by atoms with E-state index in [0.29, 0.717) is 12.4 Å². The van der Waals surface area contributed by atoms with Crippen LogP contribution in [-0.4, -0.2) is 30.8 Å². The molecule has 1 fully saturated rings. The molecule has 2 rings (SSSR count). The number of hydrogen-bond acceptors (Lipinski definition) is 3. The highest BCUT2D eigenvalue weighted by atomic mass is 16.5. The summed E-state index contributed by atoms with van der Waals surface area (Å²) in [7, 11) is 0. The summed E-state index contributed by atoms with van der Waals surface area (Å²) in [6.07, 6.45) is 2.68. The zero-order chi connectivity index (χ0) is 12.1. The van der Waals surface area contributed by atoms with Gasteiger partial charge in [-0.3, -0.25) is 0 Å². The predicted molar refractivity (Wildman–Crippen MR) is 64.5 cm³/mol. The van der Waals surface area contributed by atoms with Gasteiger partial charge < -0.3 is 15.2 Å². The third-order valence-corrected chi connectivity index (χ3v) is 2.76. The SMILES string of the molecule is O=C(O)c1cccc(OCCNCC2CC2)c1. The maximum atomic E-state index is 10.7. The number of hydrogen-bond donors (Lipinski definition) is 2. The Morgan fingerprint density at radius 2 is 2.29 bits per heavy atom. The summed E-state index contributed by atoms with van der Waals surface area (Å²) >= 11 is 0. The van der Waals surface area contributed by atoms with Gasteiger partial charge >= 0.3 is 5.97 Å². The molecule has 0 aromatic heterocycles. The van der Waals surface area contributed by atoms with Crippen molar-refractivity contribution in [1.82, 2.24) is 5.32 Å². The zero-order valence-corrected chi connectivity index (χ0v) is 9.69. The van der Waals surface area contributed by atoms with Crippen LogP contribution in [0.25, 0.3) is 0 Å². The molecule has 1 aromatic rings. The third-order valence-electron chi connectivity index (χ3n) is 2.76. The minimum Gasteiger partial charge on any atom is -0.492 e. The van der Waals surface area contributed by atoms with Crippen molar-refractivity contribution in [3.05, 3.63) is 29.8 Å². The number of carboxylic acids is 1.